The number of ether oxygens (including phenoxy) is 2. The van der Waals surface area contributed by atoms with Crippen LogP contribution in [0.5, 0.6) is 0 Å². The Balaban J connectivity index is 1.86. The van der Waals surface area contributed by atoms with Crippen molar-refractivity contribution in [1.29, 1.82) is 0 Å². The number of furan rings is 1. The first-order valence-corrected chi connectivity index (χ1v) is 10.2. The largest absolute Gasteiger partial charge is 0.461 e. The summed E-state index contributed by atoms with van der Waals surface area (Å²) in [5, 5.41) is 0. The maximum absolute atomic E-state index is 13.1. The van der Waals surface area contributed by atoms with Gasteiger partial charge in [-0.3, -0.25) is 4.79 Å². The number of carbonyl (C=O) groups is 2. The minimum atomic E-state index is -0.388. The molecule has 0 bridgehead atoms. The molecule has 7 nitrogen and oxygen atoms in total. The monoisotopic (exact) mass is 452 g/mol. The second kappa shape index (κ2) is 8.96. The maximum atomic E-state index is 13.1. The topological polar surface area (TPSA) is 84.8 Å². The second-order valence-corrected chi connectivity index (χ2v) is 7.66. The molecule has 1 aliphatic heterocycles. The van der Waals surface area contributed by atoms with E-state index in [0.29, 0.717) is 36.7 Å². The SMILES string of the molecule is CCOC(=O)c1[nH]c(C)c(CN(CC2CCCO2)C(=O)c2ccc(Br)o2)c1C. The Morgan fingerprint density at radius 3 is 2.75 bits per heavy atom. The number of aryl methyl sites for hydroxylation is 1. The number of rotatable bonds is 7. The molecule has 1 saturated heterocycles. The molecular weight excluding hydrogens is 428 g/mol. The van der Waals surface area contributed by atoms with E-state index in [1.54, 1.807) is 24.0 Å². The molecule has 28 heavy (non-hydrogen) atoms. The highest BCUT2D eigenvalue weighted by Crippen LogP contribution is 2.24. The summed E-state index contributed by atoms with van der Waals surface area (Å²) < 4.78 is 16.8. The highest BCUT2D eigenvalue weighted by molar-refractivity contribution is 9.10. The van der Waals surface area contributed by atoms with Crippen molar-refractivity contribution < 1.29 is 23.5 Å². The van der Waals surface area contributed by atoms with E-state index in [9.17, 15) is 9.59 Å². The minimum Gasteiger partial charge on any atom is -0.461 e. The first-order valence-electron chi connectivity index (χ1n) is 9.42. The van der Waals surface area contributed by atoms with Crippen molar-refractivity contribution in [2.45, 2.75) is 46.3 Å². The van der Waals surface area contributed by atoms with E-state index in [1.807, 2.05) is 13.8 Å². The molecule has 8 heteroatoms. The van der Waals surface area contributed by atoms with Gasteiger partial charge in [-0.25, -0.2) is 4.79 Å². The predicted molar refractivity (Wildman–Crippen MR) is 106 cm³/mol. The molecule has 0 aliphatic carbocycles. The highest BCUT2D eigenvalue weighted by atomic mass is 79.9. The van der Waals surface area contributed by atoms with Crippen LogP contribution in [0.2, 0.25) is 0 Å². The van der Waals surface area contributed by atoms with Crippen molar-refractivity contribution in [3.05, 3.63) is 45.1 Å². The molecule has 2 aromatic rings. The molecule has 2 aromatic heterocycles. The zero-order valence-electron chi connectivity index (χ0n) is 16.3. The van der Waals surface area contributed by atoms with Crippen molar-refractivity contribution in [1.82, 2.24) is 9.88 Å². The normalized spacial score (nSPS) is 16.4. The van der Waals surface area contributed by atoms with E-state index in [-0.39, 0.29) is 23.7 Å². The lowest BCUT2D eigenvalue weighted by Gasteiger charge is -2.25. The van der Waals surface area contributed by atoms with E-state index in [2.05, 4.69) is 20.9 Å². The van der Waals surface area contributed by atoms with Gasteiger partial charge in [-0.1, -0.05) is 0 Å². The van der Waals surface area contributed by atoms with Gasteiger partial charge < -0.3 is 23.8 Å². The molecule has 3 heterocycles. The Morgan fingerprint density at radius 2 is 2.14 bits per heavy atom. The summed E-state index contributed by atoms with van der Waals surface area (Å²) >= 11 is 3.24. The van der Waals surface area contributed by atoms with Crippen LogP contribution in [0.3, 0.4) is 0 Å². The zero-order chi connectivity index (χ0) is 20.3. The molecule has 0 aromatic carbocycles. The van der Waals surface area contributed by atoms with Gasteiger partial charge in [-0.2, -0.15) is 0 Å². The van der Waals surface area contributed by atoms with Gasteiger partial charge >= 0.3 is 5.97 Å². The first-order chi connectivity index (χ1) is 13.4. The lowest BCUT2D eigenvalue weighted by Crippen LogP contribution is -2.37. The predicted octanol–water partition coefficient (Wildman–Crippen LogP) is 3.99. The molecule has 152 valence electrons. The Kier molecular flexibility index (Phi) is 6.61. The van der Waals surface area contributed by atoms with Crippen molar-refractivity contribution in [2.24, 2.45) is 0 Å². The smallest absolute Gasteiger partial charge is 0.355 e. The summed E-state index contributed by atoms with van der Waals surface area (Å²) in [6.45, 7) is 7.37. The van der Waals surface area contributed by atoms with Crippen molar-refractivity contribution >= 4 is 27.8 Å². The molecule has 1 N–H and O–H groups in total. The summed E-state index contributed by atoms with van der Waals surface area (Å²) in [5.41, 5.74) is 2.97. The third-order valence-corrected chi connectivity index (χ3v) is 5.37. The van der Waals surface area contributed by atoms with E-state index in [1.165, 1.54) is 0 Å². The average molecular weight is 453 g/mol. The number of nitrogens with one attached hydrogen (secondary N) is 1. The van der Waals surface area contributed by atoms with Gasteiger partial charge in [0.15, 0.2) is 10.4 Å². The minimum absolute atomic E-state index is 0.00596. The number of H-pyrrole nitrogens is 1. The zero-order valence-corrected chi connectivity index (χ0v) is 17.9. The van der Waals surface area contributed by atoms with Crippen LogP contribution in [-0.4, -0.2) is 47.6 Å². The third kappa shape index (κ3) is 4.50. The molecule has 0 radical (unpaired) electrons. The Hall–Kier alpha value is -2.06. The summed E-state index contributed by atoms with van der Waals surface area (Å²) in [6, 6.07) is 3.35. The number of hydrogen-bond donors (Lipinski definition) is 1. The van der Waals surface area contributed by atoms with E-state index in [0.717, 1.165) is 29.7 Å². The van der Waals surface area contributed by atoms with Gasteiger partial charge in [-0.05, 0) is 72.8 Å². The van der Waals surface area contributed by atoms with Crippen LogP contribution in [0, 0.1) is 13.8 Å². The van der Waals surface area contributed by atoms with E-state index in [4.69, 9.17) is 13.9 Å². The quantitative estimate of drug-likeness (QED) is 0.641. The van der Waals surface area contributed by atoms with Gasteiger partial charge in [0, 0.05) is 25.4 Å². The van der Waals surface area contributed by atoms with Gasteiger partial charge in [0.05, 0.1) is 12.7 Å². The van der Waals surface area contributed by atoms with Gasteiger partial charge in [-0.15, -0.1) is 0 Å². The second-order valence-electron chi connectivity index (χ2n) is 6.87. The van der Waals surface area contributed by atoms with Crippen LogP contribution in [-0.2, 0) is 16.0 Å². The van der Waals surface area contributed by atoms with Crippen molar-refractivity contribution in [3.63, 3.8) is 0 Å². The van der Waals surface area contributed by atoms with Crippen LogP contribution in [0.15, 0.2) is 21.2 Å². The molecule has 0 spiro atoms. The lowest BCUT2D eigenvalue weighted by atomic mass is 10.1. The number of carbonyl (C=O) groups excluding carboxylic acids is 2. The van der Waals surface area contributed by atoms with Gasteiger partial charge in [0.25, 0.3) is 5.91 Å². The number of amides is 1. The molecule has 3 rings (SSSR count). The van der Waals surface area contributed by atoms with E-state index >= 15 is 0 Å². The molecule has 1 atom stereocenters. The van der Waals surface area contributed by atoms with Crippen LogP contribution in [0.1, 0.15) is 57.6 Å². The number of hydrogen-bond acceptors (Lipinski definition) is 5. The fourth-order valence-electron chi connectivity index (χ4n) is 3.46. The van der Waals surface area contributed by atoms with E-state index < -0.39 is 0 Å². The fraction of sp³-hybridized carbons (Fsp3) is 0.500. The van der Waals surface area contributed by atoms with Crippen molar-refractivity contribution in [2.75, 3.05) is 19.8 Å². The number of esters is 1. The summed E-state index contributed by atoms with van der Waals surface area (Å²) in [4.78, 5) is 30.1. The van der Waals surface area contributed by atoms with Crippen LogP contribution in [0.4, 0.5) is 0 Å². The number of aromatic amines is 1. The van der Waals surface area contributed by atoms with Crippen LogP contribution in [0.25, 0.3) is 0 Å². The Bertz CT molecular complexity index is 851. The number of halogens is 1. The third-order valence-electron chi connectivity index (χ3n) is 4.94. The Morgan fingerprint density at radius 1 is 1.36 bits per heavy atom. The van der Waals surface area contributed by atoms with Crippen LogP contribution >= 0.6 is 15.9 Å². The molecule has 1 amide bonds. The average Bonchev–Trinajstić information content (AvgIpc) is 3.38. The van der Waals surface area contributed by atoms with Crippen LogP contribution < -0.4 is 0 Å². The summed E-state index contributed by atoms with van der Waals surface area (Å²) in [7, 11) is 0. The molecular formula is C20H25BrN2O5. The van der Waals surface area contributed by atoms with Crippen molar-refractivity contribution in [3.8, 4) is 0 Å². The molecule has 1 unspecified atom stereocenters. The fourth-order valence-corrected chi connectivity index (χ4v) is 3.77. The summed E-state index contributed by atoms with van der Waals surface area (Å²) in [5.74, 6) is -0.332. The summed E-state index contributed by atoms with van der Waals surface area (Å²) in [6.07, 6.45) is 1.92. The number of nitrogens with zero attached hydrogens (tertiary/aromatic N) is 1. The molecule has 0 saturated carbocycles. The first kappa shape index (κ1) is 20.7. The molecule has 1 fully saturated rings. The lowest BCUT2D eigenvalue weighted by molar-refractivity contribution is 0.0482. The maximum Gasteiger partial charge on any atom is 0.355 e. The van der Waals surface area contributed by atoms with Gasteiger partial charge in [0.2, 0.25) is 0 Å². The van der Waals surface area contributed by atoms with Gasteiger partial charge in [0.1, 0.15) is 5.69 Å². The highest BCUT2D eigenvalue weighted by Gasteiger charge is 2.28. The standard InChI is InChI=1S/C20H25BrN2O5/c1-4-26-20(25)18-12(2)15(13(3)22-18)11-23(10-14-6-5-9-27-14)19(24)16-7-8-17(21)28-16/h7-8,14,22H,4-6,9-11H2,1-3H3. The number of aromatic nitrogens is 1. The Labute approximate surface area is 172 Å². The molecule has 1 aliphatic rings.